The van der Waals surface area contributed by atoms with Crippen LogP contribution in [-0.2, 0) is 0 Å². The summed E-state index contributed by atoms with van der Waals surface area (Å²) in [7, 11) is 3.75. The Labute approximate surface area is 168 Å². The molecule has 0 saturated heterocycles. The van der Waals surface area contributed by atoms with Crippen molar-refractivity contribution in [3.8, 4) is 11.5 Å². The minimum atomic E-state index is -0.720. The number of carbonyl (C=O) groups excluding carboxylic acids is 2. The van der Waals surface area contributed by atoms with Gasteiger partial charge in [0.05, 0.1) is 12.1 Å². The van der Waals surface area contributed by atoms with Crippen LogP contribution >= 0.6 is 0 Å². The van der Waals surface area contributed by atoms with Crippen molar-refractivity contribution in [3.05, 3.63) is 59.4 Å². The van der Waals surface area contributed by atoms with E-state index >= 15 is 0 Å². The molecule has 0 radical (unpaired) electrons. The normalized spacial score (nSPS) is 10.2. The van der Waals surface area contributed by atoms with Crippen LogP contribution in [0.25, 0.3) is 11.0 Å². The van der Waals surface area contributed by atoms with E-state index in [1.165, 1.54) is 18.2 Å². The van der Waals surface area contributed by atoms with Gasteiger partial charge >= 0.3 is 0 Å². The van der Waals surface area contributed by atoms with Gasteiger partial charge in [0.25, 0.3) is 11.8 Å². The lowest BCUT2D eigenvalue weighted by Gasteiger charge is -2.08. The number of amides is 2. The number of para-hydroxylation sites is 1. The molecule has 0 aliphatic rings. The zero-order chi connectivity index (χ0) is 21.4. The molecular weight excluding hydrogens is 374 g/mol. The van der Waals surface area contributed by atoms with Gasteiger partial charge in [-0.25, -0.2) is 0 Å². The number of carbonyl (C=O) groups is 2. The van der Waals surface area contributed by atoms with E-state index in [2.05, 4.69) is 10.6 Å². The monoisotopic (exact) mass is 399 g/mol. The van der Waals surface area contributed by atoms with Crippen molar-refractivity contribution in [2.24, 2.45) is 5.73 Å². The maximum atomic E-state index is 12.3. The lowest BCUT2D eigenvalue weighted by molar-refractivity contribution is 0.0919. The first-order valence-corrected chi connectivity index (χ1v) is 8.99. The number of furan rings is 1. The third kappa shape index (κ3) is 5.49. The summed E-state index contributed by atoms with van der Waals surface area (Å²) >= 11 is 0. The van der Waals surface area contributed by atoms with Crippen molar-refractivity contribution in [2.75, 3.05) is 27.2 Å². The fourth-order valence-electron chi connectivity index (χ4n) is 2.61. The Morgan fingerprint density at radius 2 is 1.86 bits per heavy atom. The predicted octanol–water partition coefficient (Wildman–Crippen LogP) is 2.19. The number of aromatic hydroxyl groups is 1. The van der Waals surface area contributed by atoms with Crippen LogP contribution in [0.4, 0.5) is 0 Å². The maximum Gasteiger partial charge on any atom is 0.287 e. The summed E-state index contributed by atoms with van der Waals surface area (Å²) in [6.07, 6.45) is 0. The van der Waals surface area contributed by atoms with Gasteiger partial charge in [-0.1, -0.05) is 18.2 Å². The van der Waals surface area contributed by atoms with Crippen molar-refractivity contribution in [2.45, 2.75) is 6.92 Å². The lowest BCUT2D eigenvalue weighted by atomic mass is 10.1. The van der Waals surface area contributed by atoms with Crippen molar-refractivity contribution in [1.29, 1.82) is 0 Å². The number of primary amides is 1. The Morgan fingerprint density at radius 1 is 1.17 bits per heavy atom. The molecule has 0 bridgehead atoms. The number of nitrogens with one attached hydrogen (secondary N) is 2. The molecule has 0 saturated carbocycles. The summed E-state index contributed by atoms with van der Waals surface area (Å²) in [5.41, 5.74) is 6.58. The molecule has 154 valence electrons. The highest BCUT2D eigenvalue weighted by Gasteiger charge is 2.16. The zero-order valence-electron chi connectivity index (χ0n) is 16.6. The fraction of sp³-hybridized carbons (Fsp3) is 0.238. The molecule has 2 aromatic carbocycles. The molecule has 0 aliphatic heterocycles. The van der Waals surface area contributed by atoms with E-state index < -0.39 is 5.91 Å². The van der Waals surface area contributed by atoms with Gasteiger partial charge in [-0.2, -0.15) is 0 Å². The molecule has 29 heavy (non-hydrogen) atoms. The van der Waals surface area contributed by atoms with Gasteiger partial charge in [-0.15, -0.1) is 0 Å². The Hall–Kier alpha value is -3.52. The summed E-state index contributed by atoms with van der Waals surface area (Å²) in [6, 6.07) is 11.6. The first-order chi connectivity index (χ1) is 13.9. The van der Waals surface area contributed by atoms with E-state index in [1.54, 1.807) is 0 Å². The molecule has 3 rings (SSSR count). The van der Waals surface area contributed by atoms with Crippen LogP contribution < -0.4 is 21.1 Å². The summed E-state index contributed by atoms with van der Waals surface area (Å²) < 4.78 is 11.0. The first-order valence-electron chi connectivity index (χ1n) is 8.99. The lowest BCUT2D eigenvalue weighted by Crippen LogP contribution is -2.28. The summed E-state index contributed by atoms with van der Waals surface area (Å²) in [4.78, 5) is 23.3. The molecule has 0 aliphatic carbocycles. The first kappa shape index (κ1) is 21.8. The fourth-order valence-corrected chi connectivity index (χ4v) is 2.61. The van der Waals surface area contributed by atoms with E-state index in [1.807, 2.05) is 45.3 Å². The predicted molar refractivity (Wildman–Crippen MR) is 110 cm³/mol. The third-order valence-electron chi connectivity index (χ3n) is 3.94. The van der Waals surface area contributed by atoms with Crippen LogP contribution in [0.3, 0.4) is 0 Å². The van der Waals surface area contributed by atoms with Crippen LogP contribution in [0.15, 0.2) is 46.9 Å². The number of hydrogen-bond donors (Lipinski definition) is 4. The van der Waals surface area contributed by atoms with Crippen LogP contribution in [-0.4, -0.2) is 44.2 Å². The van der Waals surface area contributed by atoms with Gasteiger partial charge in [-0.3, -0.25) is 9.59 Å². The number of nitrogens with two attached hydrogens (primary N) is 1. The zero-order valence-corrected chi connectivity index (χ0v) is 16.6. The molecule has 3 aromatic rings. The minimum Gasteiger partial charge on any atom is -0.507 e. The Bertz CT molecular complexity index is 997. The standard InChI is InChI=1S/C19H18N2O5.C2H7N/c1-11-13-4-2-3-5-16(13)26-17(11)19(24)21-8-9-25-12-6-7-14(18(20)23)15(22)10-12;1-3-2/h2-7,10,22H,8-9H2,1H3,(H2,20,23)(H,21,24);3H,1-2H3. The minimum absolute atomic E-state index is 0.0195. The van der Waals surface area contributed by atoms with Gasteiger partial charge in [-0.05, 0) is 39.2 Å². The second-order valence-corrected chi connectivity index (χ2v) is 6.20. The van der Waals surface area contributed by atoms with Crippen molar-refractivity contribution < 1.29 is 23.8 Å². The molecule has 2 amide bonds. The van der Waals surface area contributed by atoms with Crippen LogP contribution in [0.2, 0.25) is 0 Å². The Balaban J connectivity index is 0.000000941. The molecule has 0 atom stereocenters. The molecule has 5 N–H and O–H groups in total. The van der Waals surface area contributed by atoms with Crippen molar-refractivity contribution >= 4 is 22.8 Å². The van der Waals surface area contributed by atoms with E-state index in [-0.39, 0.29) is 36.1 Å². The van der Waals surface area contributed by atoms with Gasteiger partial charge in [0.2, 0.25) is 0 Å². The molecule has 8 heteroatoms. The second kappa shape index (κ2) is 10.1. The van der Waals surface area contributed by atoms with E-state index in [0.29, 0.717) is 11.3 Å². The largest absolute Gasteiger partial charge is 0.507 e. The third-order valence-corrected chi connectivity index (χ3v) is 3.94. The quantitative estimate of drug-likeness (QED) is 0.471. The number of hydrogen-bond acceptors (Lipinski definition) is 6. The highest BCUT2D eigenvalue weighted by Crippen LogP contribution is 2.25. The average Bonchev–Trinajstić information content (AvgIpc) is 3.02. The highest BCUT2D eigenvalue weighted by molar-refractivity contribution is 5.98. The van der Waals surface area contributed by atoms with E-state index in [0.717, 1.165) is 10.9 Å². The van der Waals surface area contributed by atoms with E-state index in [9.17, 15) is 14.7 Å². The molecule has 1 aromatic heterocycles. The summed E-state index contributed by atoms with van der Waals surface area (Å²) in [5, 5.41) is 16.1. The smallest absolute Gasteiger partial charge is 0.287 e. The van der Waals surface area contributed by atoms with Crippen molar-refractivity contribution in [1.82, 2.24) is 10.6 Å². The Morgan fingerprint density at radius 3 is 2.48 bits per heavy atom. The SMILES string of the molecule is CNC.Cc1c(C(=O)NCCOc2ccc(C(N)=O)c(O)c2)oc2ccccc12. The van der Waals surface area contributed by atoms with Gasteiger partial charge in [0.15, 0.2) is 5.76 Å². The summed E-state index contributed by atoms with van der Waals surface area (Å²) in [5.74, 6) is -0.662. The number of ether oxygens (including phenoxy) is 1. The number of fused-ring (bicyclic) bond motifs is 1. The van der Waals surface area contributed by atoms with Crippen molar-refractivity contribution in [3.63, 3.8) is 0 Å². The number of aryl methyl sites for hydroxylation is 1. The summed E-state index contributed by atoms with van der Waals surface area (Å²) in [6.45, 7) is 2.26. The number of phenols is 1. The molecule has 0 unspecified atom stereocenters. The number of rotatable bonds is 6. The van der Waals surface area contributed by atoms with Crippen LogP contribution in [0, 0.1) is 6.92 Å². The molecular formula is C21H25N3O5. The molecule has 0 spiro atoms. The Kier molecular flexibility index (Phi) is 7.62. The van der Waals surface area contributed by atoms with Gasteiger partial charge < -0.3 is 30.6 Å². The topological polar surface area (TPSA) is 127 Å². The average molecular weight is 399 g/mol. The molecule has 1 heterocycles. The second-order valence-electron chi connectivity index (χ2n) is 6.20. The maximum absolute atomic E-state index is 12.3. The van der Waals surface area contributed by atoms with E-state index in [4.69, 9.17) is 14.9 Å². The molecule has 8 nitrogen and oxygen atoms in total. The van der Waals surface area contributed by atoms with Gasteiger partial charge in [0.1, 0.15) is 23.7 Å². The highest BCUT2D eigenvalue weighted by atomic mass is 16.5. The van der Waals surface area contributed by atoms with Crippen LogP contribution in [0.5, 0.6) is 11.5 Å². The number of benzene rings is 2. The van der Waals surface area contributed by atoms with Crippen LogP contribution in [0.1, 0.15) is 26.5 Å². The molecule has 0 fully saturated rings. The van der Waals surface area contributed by atoms with Gasteiger partial charge in [0, 0.05) is 17.0 Å².